The number of ether oxygens (including phenoxy) is 1. The van der Waals surface area contributed by atoms with Gasteiger partial charge in [-0.1, -0.05) is 33.6 Å². The molecule has 0 saturated carbocycles. The summed E-state index contributed by atoms with van der Waals surface area (Å²) in [5.74, 6) is -0.282. The van der Waals surface area contributed by atoms with Crippen molar-refractivity contribution in [3.8, 4) is 0 Å². The summed E-state index contributed by atoms with van der Waals surface area (Å²) in [7, 11) is 0. The third-order valence-corrected chi connectivity index (χ3v) is 3.41. The number of esters is 1. The zero-order valence-corrected chi connectivity index (χ0v) is 13.8. The van der Waals surface area contributed by atoms with E-state index in [4.69, 9.17) is 16.3 Å². The first kappa shape index (κ1) is 16.3. The summed E-state index contributed by atoms with van der Waals surface area (Å²) in [6, 6.07) is 5.72. The first-order valence-electron chi connectivity index (χ1n) is 6.20. The van der Waals surface area contributed by atoms with Crippen LogP contribution in [0.15, 0.2) is 18.2 Å². The van der Waals surface area contributed by atoms with Gasteiger partial charge in [0.2, 0.25) is 0 Å². The van der Waals surface area contributed by atoms with E-state index in [0.29, 0.717) is 11.6 Å². The largest absolute Gasteiger partial charge is 0.464 e. The molecule has 0 bridgehead atoms. The Kier molecular flexibility index (Phi) is 6.14. The van der Waals surface area contributed by atoms with E-state index in [0.717, 1.165) is 23.0 Å². The second kappa shape index (κ2) is 7.15. The maximum Gasteiger partial charge on any atom is 0.331 e. The summed E-state index contributed by atoms with van der Waals surface area (Å²) >= 11 is 9.59. The van der Waals surface area contributed by atoms with Gasteiger partial charge in [-0.2, -0.15) is 0 Å². The van der Waals surface area contributed by atoms with Crippen LogP contribution >= 0.6 is 27.5 Å². The molecule has 0 aromatic heterocycles. The predicted octanol–water partition coefficient (Wildman–Crippen LogP) is 4.03. The summed E-state index contributed by atoms with van der Waals surface area (Å²) < 4.78 is 5.03. The minimum atomic E-state index is -0.781. The summed E-state index contributed by atoms with van der Waals surface area (Å²) in [5, 5.41) is 4.71. The van der Waals surface area contributed by atoms with Crippen LogP contribution in [0.4, 0.5) is 5.69 Å². The Labute approximate surface area is 127 Å². The fourth-order valence-corrected chi connectivity index (χ4v) is 2.36. The van der Waals surface area contributed by atoms with Crippen molar-refractivity contribution in [2.45, 2.75) is 32.7 Å². The molecule has 1 aromatic rings. The van der Waals surface area contributed by atoms with E-state index in [1.807, 2.05) is 18.2 Å². The van der Waals surface area contributed by atoms with Crippen molar-refractivity contribution in [3.05, 3.63) is 28.8 Å². The van der Waals surface area contributed by atoms with E-state index in [-0.39, 0.29) is 5.97 Å². The molecule has 0 fully saturated rings. The van der Waals surface area contributed by atoms with Crippen LogP contribution in [-0.2, 0) is 16.0 Å². The van der Waals surface area contributed by atoms with Gasteiger partial charge in [-0.25, -0.2) is 4.79 Å². The highest BCUT2D eigenvalue weighted by Gasteiger charge is 2.28. The summed E-state index contributed by atoms with van der Waals surface area (Å²) in [6.45, 7) is 5.73. The van der Waals surface area contributed by atoms with Crippen molar-refractivity contribution < 1.29 is 9.53 Å². The molecule has 0 radical (unpaired) electrons. The van der Waals surface area contributed by atoms with Crippen LogP contribution in [0.5, 0.6) is 0 Å². The third-order valence-electron chi connectivity index (χ3n) is 2.66. The highest BCUT2D eigenvalue weighted by atomic mass is 79.9. The maximum absolute atomic E-state index is 11.8. The molecule has 3 nitrogen and oxygen atoms in total. The van der Waals surface area contributed by atoms with Crippen molar-refractivity contribution in [1.29, 1.82) is 0 Å². The smallest absolute Gasteiger partial charge is 0.331 e. The Balaban J connectivity index is 2.82. The molecule has 1 rings (SSSR count). The second-order valence-electron chi connectivity index (χ2n) is 4.72. The molecule has 19 heavy (non-hydrogen) atoms. The number of carbonyl (C=O) groups is 1. The minimum Gasteiger partial charge on any atom is -0.464 e. The molecule has 5 heteroatoms. The topological polar surface area (TPSA) is 38.3 Å². The lowest BCUT2D eigenvalue weighted by Gasteiger charge is -2.25. The molecule has 106 valence electrons. The lowest BCUT2D eigenvalue weighted by atomic mass is 10.0. The third kappa shape index (κ3) is 4.69. The van der Waals surface area contributed by atoms with E-state index in [9.17, 15) is 4.79 Å². The number of nitrogens with one attached hydrogen (secondary N) is 1. The van der Waals surface area contributed by atoms with Crippen molar-refractivity contribution >= 4 is 39.2 Å². The van der Waals surface area contributed by atoms with Crippen LogP contribution in [0.3, 0.4) is 0 Å². The van der Waals surface area contributed by atoms with Crippen molar-refractivity contribution in [2.24, 2.45) is 0 Å². The number of hydrogen-bond acceptors (Lipinski definition) is 3. The number of aryl methyl sites for hydroxylation is 1. The number of halogens is 2. The molecule has 0 atom stereocenters. The number of benzene rings is 1. The van der Waals surface area contributed by atoms with Crippen LogP contribution in [-0.4, -0.2) is 23.4 Å². The standard InChI is InChI=1S/C14H19BrClNO2/c1-4-19-13(18)14(2,3)17-11-6-5-10(7-8-15)12(16)9-11/h5-6,9,17H,4,7-8H2,1-3H3. The number of alkyl halides is 1. The van der Waals surface area contributed by atoms with Gasteiger partial charge in [0.1, 0.15) is 5.54 Å². The molecule has 0 aliphatic heterocycles. The number of anilines is 1. The number of carbonyl (C=O) groups excluding carboxylic acids is 1. The van der Waals surface area contributed by atoms with Crippen LogP contribution in [0.2, 0.25) is 5.02 Å². The van der Waals surface area contributed by atoms with Gasteiger partial charge < -0.3 is 10.1 Å². The molecule has 0 aliphatic rings. The van der Waals surface area contributed by atoms with Crippen LogP contribution in [0.1, 0.15) is 26.3 Å². The van der Waals surface area contributed by atoms with Gasteiger partial charge in [-0.05, 0) is 44.9 Å². The highest BCUT2D eigenvalue weighted by Crippen LogP contribution is 2.24. The van der Waals surface area contributed by atoms with E-state index < -0.39 is 5.54 Å². The Morgan fingerprint density at radius 3 is 2.68 bits per heavy atom. The monoisotopic (exact) mass is 347 g/mol. The first-order valence-corrected chi connectivity index (χ1v) is 7.70. The van der Waals surface area contributed by atoms with Gasteiger partial charge in [0.15, 0.2) is 0 Å². The Morgan fingerprint density at radius 2 is 2.16 bits per heavy atom. The summed E-state index contributed by atoms with van der Waals surface area (Å²) in [4.78, 5) is 11.8. The SMILES string of the molecule is CCOC(=O)C(C)(C)Nc1ccc(CCBr)c(Cl)c1. The summed E-state index contributed by atoms with van der Waals surface area (Å²) in [6.07, 6.45) is 0.875. The van der Waals surface area contributed by atoms with Crippen molar-refractivity contribution in [2.75, 3.05) is 17.3 Å². The van der Waals surface area contributed by atoms with E-state index >= 15 is 0 Å². The molecule has 0 heterocycles. The Morgan fingerprint density at radius 1 is 1.47 bits per heavy atom. The van der Waals surface area contributed by atoms with Gasteiger partial charge in [-0.15, -0.1) is 0 Å². The maximum atomic E-state index is 11.8. The number of rotatable bonds is 6. The van der Waals surface area contributed by atoms with Gasteiger partial charge in [0.25, 0.3) is 0 Å². The quantitative estimate of drug-likeness (QED) is 0.623. The first-order chi connectivity index (χ1) is 8.90. The normalized spacial score (nSPS) is 11.2. The lowest BCUT2D eigenvalue weighted by molar-refractivity contribution is -0.147. The van der Waals surface area contributed by atoms with Crippen molar-refractivity contribution in [3.63, 3.8) is 0 Å². The van der Waals surface area contributed by atoms with Gasteiger partial charge in [0.05, 0.1) is 6.61 Å². The van der Waals surface area contributed by atoms with Gasteiger partial charge >= 0.3 is 5.97 Å². The molecular weight excluding hydrogens is 330 g/mol. The van der Waals surface area contributed by atoms with Gasteiger partial charge in [0, 0.05) is 16.0 Å². The summed E-state index contributed by atoms with van der Waals surface area (Å²) in [5.41, 5.74) is 1.11. The highest BCUT2D eigenvalue weighted by molar-refractivity contribution is 9.09. The molecular formula is C14H19BrClNO2. The molecule has 0 unspecified atom stereocenters. The predicted molar refractivity (Wildman–Crippen MR) is 83.3 cm³/mol. The van der Waals surface area contributed by atoms with E-state index in [1.54, 1.807) is 20.8 Å². The lowest BCUT2D eigenvalue weighted by Crippen LogP contribution is -2.41. The zero-order valence-electron chi connectivity index (χ0n) is 11.4. The van der Waals surface area contributed by atoms with E-state index in [1.165, 1.54) is 0 Å². The molecule has 1 N–H and O–H groups in total. The van der Waals surface area contributed by atoms with Crippen molar-refractivity contribution in [1.82, 2.24) is 0 Å². The van der Waals surface area contributed by atoms with Crippen LogP contribution in [0, 0.1) is 0 Å². The molecule has 1 aromatic carbocycles. The molecule has 0 spiro atoms. The molecule has 0 aliphatic carbocycles. The molecule has 0 amide bonds. The van der Waals surface area contributed by atoms with Gasteiger partial charge in [-0.3, -0.25) is 0 Å². The fraction of sp³-hybridized carbons (Fsp3) is 0.500. The van der Waals surface area contributed by atoms with E-state index in [2.05, 4.69) is 21.2 Å². The zero-order chi connectivity index (χ0) is 14.5. The average molecular weight is 349 g/mol. The van der Waals surface area contributed by atoms with Crippen LogP contribution < -0.4 is 5.32 Å². The fourth-order valence-electron chi connectivity index (χ4n) is 1.65. The average Bonchev–Trinajstić information content (AvgIpc) is 2.32. The Hall–Kier alpha value is -0.740. The van der Waals surface area contributed by atoms with Crippen LogP contribution in [0.25, 0.3) is 0 Å². The second-order valence-corrected chi connectivity index (χ2v) is 5.92. The molecule has 0 saturated heterocycles. The minimum absolute atomic E-state index is 0.282. The number of hydrogen-bond donors (Lipinski definition) is 1. The Bertz CT molecular complexity index is 449.